The summed E-state index contributed by atoms with van der Waals surface area (Å²) in [5.74, 6) is -2.56. The van der Waals surface area contributed by atoms with E-state index in [4.69, 9.17) is 0 Å². The van der Waals surface area contributed by atoms with Gasteiger partial charge in [0.1, 0.15) is 17.5 Å². The van der Waals surface area contributed by atoms with E-state index in [9.17, 15) is 22.0 Å². The zero-order valence-electron chi connectivity index (χ0n) is 12.2. The van der Waals surface area contributed by atoms with E-state index in [1.807, 2.05) is 0 Å². The van der Waals surface area contributed by atoms with Crippen LogP contribution in [-0.2, 0) is 12.7 Å². The first-order chi connectivity index (χ1) is 11.3. The molecule has 0 radical (unpaired) electrons. The van der Waals surface area contributed by atoms with Crippen LogP contribution in [0.25, 0.3) is 5.65 Å². The molecule has 1 aromatic carbocycles. The highest BCUT2D eigenvalue weighted by molar-refractivity contribution is 5.46. The molecule has 0 N–H and O–H groups in total. The molecule has 0 aliphatic heterocycles. The Balaban J connectivity index is 1.93. The van der Waals surface area contributed by atoms with E-state index in [-0.39, 0.29) is 23.6 Å². The van der Waals surface area contributed by atoms with Gasteiger partial charge in [-0.1, -0.05) is 6.07 Å². The van der Waals surface area contributed by atoms with Crippen LogP contribution in [0, 0.1) is 11.6 Å². The van der Waals surface area contributed by atoms with Gasteiger partial charge in [-0.3, -0.25) is 0 Å². The Labute approximate surface area is 132 Å². The molecule has 0 aliphatic rings. The number of aromatic nitrogens is 4. The highest BCUT2D eigenvalue weighted by Crippen LogP contribution is 2.28. The van der Waals surface area contributed by atoms with Gasteiger partial charge in [0.2, 0.25) is 0 Å². The molecule has 3 rings (SSSR count). The van der Waals surface area contributed by atoms with Crippen molar-refractivity contribution in [2.45, 2.75) is 12.7 Å². The molecule has 10 heteroatoms. The monoisotopic (exact) mass is 343 g/mol. The average molecular weight is 343 g/mol. The van der Waals surface area contributed by atoms with Gasteiger partial charge < -0.3 is 4.90 Å². The number of fused-ring (bicyclic) bond motifs is 1. The van der Waals surface area contributed by atoms with Crippen molar-refractivity contribution < 1.29 is 22.0 Å². The Morgan fingerprint density at radius 1 is 1.08 bits per heavy atom. The number of rotatable bonds is 3. The Morgan fingerprint density at radius 2 is 1.83 bits per heavy atom. The van der Waals surface area contributed by atoms with E-state index >= 15 is 0 Å². The predicted octanol–water partition coefficient (Wildman–Crippen LogP) is 3.06. The molecule has 0 unspecified atom stereocenters. The fraction of sp³-hybridized carbons (Fsp3) is 0.214. The maximum absolute atomic E-state index is 13.7. The summed E-state index contributed by atoms with van der Waals surface area (Å²) in [7, 11) is 1.52. The molecule has 0 amide bonds. The summed E-state index contributed by atoms with van der Waals surface area (Å²) < 4.78 is 65.8. The number of alkyl halides is 3. The van der Waals surface area contributed by atoms with Crippen molar-refractivity contribution in [3.63, 3.8) is 0 Å². The minimum Gasteiger partial charge on any atom is -0.354 e. The third kappa shape index (κ3) is 2.99. The molecule has 0 spiro atoms. The highest BCUT2D eigenvalue weighted by atomic mass is 19.4. The van der Waals surface area contributed by atoms with Gasteiger partial charge in [-0.15, -0.1) is 15.3 Å². The molecule has 2 heterocycles. The number of nitrogens with zero attached hydrogens (tertiary/aromatic N) is 5. The summed E-state index contributed by atoms with van der Waals surface area (Å²) in [4.78, 5) is 1.43. The summed E-state index contributed by atoms with van der Waals surface area (Å²) in [6.45, 7) is -0.00586. The summed E-state index contributed by atoms with van der Waals surface area (Å²) >= 11 is 0. The zero-order valence-corrected chi connectivity index (χ0v) is 12.2. The number of benzene rings is 1. The van der Waals surface area contributed by atoms with Crippen LogP contribution in [-0.4, -0.2) is 26.9 Å². The first kappa shape index (κ1) is 16.1. The first-order valence-corrected chi connectivity index (χ1v) is 6.70. The lowest BCUT2D eigenvalue weighted by Gasteiger charge is -2.18. The molecule has 0 fully saturated rings. The van der Waals surface area contributed by atoms with Crippen molar-refractivity contribution >= 4 is 11.5 Å². The third-order valence-electron chi connectivity index (χ3n) is 3.32. The summed E-state index contributed by atoms with van der Waals surface area (Å²) in [6.07, 6.45) is -4.70. The second kappa shape index (κ2) is 5.69. The average Bonchev–Trinajstić information content (AvgIpc) is 2.93. The Hall–Kier alpha value is -2.78. The highest BCUT2D eigenvalue weighted by Gasteiger charge is 2.37. The van der Waals surface area contributed by atoms with Crippen molar-refractivity contribution in [1.82, 2.24) is 19.8 Å². The molecule has 24 heavy (non-hydrogen) atoms. The molecule has 0 saturated heterocycles. The summed E-state index contributed by atoms with van der Waals surface area (Å²) in [5, 5.41) is 10.3. The molecule has 5 nitrogen and oxygen atoms in total. The normalized spacial score (nSPS) is 11.9. The SMILES string of the molecule is CN(Cc1ccc(F)cc1F)c1ccc2nnc(C(F)(F)F)n2n1. The molecule has 0 bridgehead atoms. The minimum atomic E-state index is -4.70. The molecular weight excluding hydrogens is 333 g/mol. The van der Waals surface area contributed by atoms with E-state index in [0.29, 0.717) is 4.52 Å². The topological polar surface area (TPSA) is 46.3 Å². The molecule has 0 saturated carbocycles. The Bertz CT molecular complexity index is 889. The van der Waals surface area contributed by atoms with Crippen LogP contribution >= 0.6 is 0 Å². The van der Waals surface area contributed by atoms with Crippen molar-refractivity contribution in [2.75, 3.05) is 11.9 Å². The summed E-state index contributed by atoms with van der Waals surface area (Å²) in [6, 6.07) is 5.86. The Kier molecular flexibility index (Phi) is 3.82. The maximum Gasteiger partial charge on any atom is 0.453 e. The van der Waals surface area contributed by atoms with Crippen LogP contribution in [0.1, 0.15) is 11.4 Å². The van der Waals surface area contributed by atoms with Gasteiger partial charge in [0.05, 0.1) is 0 Å². The van der Waals surface area contributed by atoms with Gasteiger partial charge >= 0.3 is 6.18 Å². The molecule has 0 aliphatic carbocycles. The zero-order chi connectivity index (χ0) is 17.5. The van der Waals surface area contributed by atoms with E-state index < -0.39 is 23.6 Å². The lowest BCUT2D eigenvalue weighted by atomic mass is 10.2. The third-order valence-corrected chi connectivity index (χ3v) is 3.32. The molecule has 3 aromatic rings. The largest absolute Gasteiger partial charge is 0.453 e. The minimum absolute atomic E-state index is 0.00586. The van der Waals surface area contributed by atoms with Crippen LogP contribution in [0.3, 0.4) is 0 Å². The summed E-state index contributed by atoms with van der Waals surface area (Å²) in [5.41, 5.74) is 0.119. The van der Waals surface area contributed by atoms with Gasteiger partial charge in [-0.05, 0) is 18.2 Å². The van der Waals surface area contributed by atoms with Gasteiger partial charge in [0.15, 0.2) is 5.65 Å². The fourth-order valence-corrected chi connectivity index (χ4v) is 2.15. The van der Waals surface area contributed by atoms with Gasteiger partial charge in [0.25, 0.3) is 5.82 Å². The van der Waals surface area contributed by atoms with Crippen molar-refractivity contribution in [3.8, 4) is 0 Å². The molecule has 0 atom stereocenters. The number of anilines is 1. The standard InChI is InChI=1S/C14H10F5N5/c1-23(7-8-2-3-9(15)6-10(8)16)12-5-4-11-20-21-13(14(17,18)19)24(11)22-12/h2-6H,7H2,1H3. The van der Waals surface area contributed by atoms with E-state index in [0.717, 1.165) is 12.1 Å². The van der Waals surface area contributed by atoms with Crippen molar-refractivity contribution in [1.29, 1.82) is 0 Å². The lowest BCUT2D eigenvalue weighted by Crippen LogP contribution is -2.20. The predicted molar refractivity (Wildman–Crippen MR) is 74.2 cm³/mol. The number of hydrogen-bond donors (Lipinski definition) is 0. The van der Waals surface area contributed by atoms with Crippen LogP contribution in [0.4, 0.5) is 27.8 Å². The smallest absolute Gasteiger partial charge is 0.354 e. The molecule has 126 valence electrons. The fourth-order valence-electron chi connectivity index (χ4n) is 2.15. The van der Waals surface area contributed by atoms with Crippen molar-refractivity contribution in [3.05, 3.63) is 53.4 Å². The second-order valence-electron chi connectivity index (χ2n) is 5.07. The first-order valence-electron chi connectivity index (χ1n) is 6.70. The number of hydrogen-bond acceptors (Lipinski definition) is 4. The van der Waals surface area contributed by atoms with Crippen molar-refractivity contribution in [2.24, 2.45) is 0 Å². The quantitative estimate of drug-likeness (QED) is 0.686. The van der Waals surface area contributed by atoms with Gasteiger partial charge in [-0.2, -0.15) is 17.7 Å². The van der Waals surface area contributed by atoms with Crippen LogP contribution in [0.15, 0.2) is 30.3 Å². The number of halogens is 5. The molecule has 2 aromatic heterocycles. The van der Waals surface area contributed by atoms with Crippen LogP contribution < -0.4 is 4.90 Å². The molecular formula is C14H10F5N5. The lowest BCUT2D eigenvalue weighted by molar-refractivity contribution is -0.146. The van der Waals surface area contributed by atoms with Crippen LogP contribution in [0.2, 0.25) is 0 Å². The second-order valence-corrected chi connectivity index (χ2v) is 5.07. The van der Waals surface area contributed by atoms with E-state index in [2.05, 4.69) is 15.3 Å². The maximum atomic E-state index is 13.7. The van der Waals surface area contributed by atoms with Crippen LogP contribution in [0.5, 0.6) is 0 Å². The van der Waals surface area contributed by atoms with Gasteiger partial charge in [-0.25, -0.2) is 8.78 Å². The van der Waals surface area contributed by atoms with Gasteiger partial charge in [0, 0.05) is 25.2 Å². The Morgan fingerprint density at radius 3 is 2.50 bits per heavy atom. The van der Waals surface area contributed by atoms with E-state index in [1.54, 1.807) is 0 Å². The van der Waals surface area contributed by atoms with E-state index in [1.165, 1.54) is 30.1 Å².